The van der Waals surface area contributed by atoms with E-state index in [1.807, 2.05) is 9.80 Å². The number of urea groups is 1. The highest BCUT2D eigenvalue weighted by Gasteiger charge is 2.19. The number of aliphatic carboxylic acids is 1. The lowest BCUT2D eigenvalue weighted by Crippen LogP contribution is -2.45. The van der Waals surface area contributed by atoms with Gasteiger partial charge in [0.15, 0.2) is 0 Å². The molecule has 1 aliphatic heterocycles. The van der Waals surface area contributed by atoms with Crippen molar-refractivity contribution >= 4 is 17.9 Å². The summed E-state index contributed by atoms with van der Waals surface area (Å²) in [6, 6.07) is -0.486. The predicted molar refractivity (Wildman–Crippen MR) is 72.3 cm³/mol. The quantitative estimate of drug-likeness (QED) is 0.594. The molecule has 0 spiro atoms. The number of carboxylic acid groups (broad SMARTS) is 1. The normalized spacial score (nSPS) is 17.2. The molecule has 8 nitrogen and oxygen atoms in total. The van der Waals surface area contributed by atoms with Gasteiger partial charge in [0.25, 0.3) is 0 Å². The second kappa shape index (κ2) is 8.49. The van der Waals surface area contributed by atoms with Crippen molar-refractivity contribution in [3.8, 4) is 0 Å². The number of carbonyl (C=O) groups excluding carboxylic acids is 2. The van der Waals surface area contributed by atoms with Crippen LogP contribution >= 0.6 is 0 Å². The summed E-state index contributed by atoms with van der Waals surface area (Å²) in [5.74, 6) is -1.19. The summed E-state index contributed by atoms with van der Waals surface area (Å²) in [4.78, 5) is 37.3. The maximum Gasteiger partial charge on any atom is 0.321 e. The zero-order chi connectivity index (χ0) is 15.0. The van der Waals surface area contributed by atoms with E-state index in [4.69, 9.17) is 5.11 Å². The minimum Gasteiger partial charge on any atom is -0.480 e. The van der Waals surface area contributed by atoms with Gasteiger partial charge < -0.3 is 10.4 Å². The molecule has 0 aliphatic carbocycles. The van der Waals surface area contributed by atoms with Crippen LogP contribution in [0.5, 0.6) is 0 Å². The lowest BCUT2D eigenvalue weighted by molar-refractivity contribution is -0.138. The summed E-state index contributed by atoms with van der Waals surface area (Å²) in [6.07, 6.45) is 0.807. The molecule has 114 valence electrons. The second-order valence-electron chi connectivity index (χ2n) is 4.71. The molecular weight excluding hydrogens is 264 g/mol. The molecule has 1 aliphatic rings. The van der Waals surface area contributed by atoms with Gasteiger partial charge in [-0.25, -0.2) is 4.79 Å². The Morgan fingerprint density at radius 1 is 1.05 bits per heavy atom. The standard InChI is InChI=1S/C12H22N4O4/c1-2-13-12(20)14-10(17)8-15-4-3-5-16(7-6-15)9-11(18)19/h2-9H2,1H3,(H,18,19)(H2,13,14,17,20). The van der Waals surface area contributed by atoms with Crippen molar-refractivity contribution in [2.24, 2.45) is 0 Å². The topological polar surface area (TPSA) is 102 Å². The number of nitrogens with zero attached hydrogens (tertiary/aromatic N) is 2. The number of hydrogen-bond donors (Lipinski definition) is 3. The number of nitrogens with one attached hydrogen (secondary N) is 2. The molecule has 1 fully saturated rings. The van der Waals surface area contributed by atoms with Gasteiger partial charge in [0, 0.05) is 26.2 Å². The Bertz CT molecular complexity index is 361. The Labute approximate surface area is 118 Å². The van der Waals surface area contributed by atoms with E-state index in [9.17, 15) is 14.4 Å². The van der Waals surface area contributed by atoms with Crippen molar-refractivity contribution in [3.05, 3.63) is 0 Å². The van der Waals surface area contributed by atoms with Crippen LogP contribution in [0.1, 0.15) is 13.3 Å². The molecule has 0 saturated carbocycles. The van der Waals surface area contributed by atoms with Crippen LogP contribution in [0.4, 0.5) is 4.79 Å². The predicted octanol–water partition coefficient (Wildman–Crippen LogP) is -1.08. The molecule has 0 aromatic rings. The lowest BCUT2D eigenvalue weighted by atomic mass is 10.3. The van der Waals surface area contributed by atoms with Crippen molar-refractivity contribution < 1.29 is 19.5 Å². The van der Waals surface area contributed by atoms with Gasteiger partial charge in [-0.2, -0.15) is 0 Å². The van der Waals surface area contributed by atoms with Gasteiger partial charge in [0.1, 0.15) is 0 Å². The van der Waals surface area contributed by atoms with Gasteiger partial charge in [0.05, 0.1) is 13.1 Å². The van der Waals surface area contributed by atoms with Crippen LogP contribution in [0.25, 0.3) is 0 Å². The van der Waals surface area contributed by atoms with Crippen molar-refractivity contribution in [1.82, 2.24) is 20.4 Å². The first-order valence-corrected chi connectivity index (χ1v) is 6.75. The minimum absolute atomic E-state index is 0.0267. The summed E-state index contributed by atoms with van der Waals surface area (Å²) in [5, 5.41) is 13.5. The third-order valence-electron chi connectivity index (χ3n) is 3.00. The smallest absolute Gasteiger partial charge is 0.321 e. The van der Waals surface area contributed by atoms with Gasteiger partial charge in [-0.05, 0) is 19.9 Å². The number of hydrogen-bond acceptors (Lipinski definition) is 5. The highest BCUT2D eigenvalue weighted by Crippen LogP contribution is 2.02. The molecule has 0 atom stereocenters. The Hall–Kier alpha value is -1.67. The molecule has 0 radical (unpaired) electrons. The van der Waals surface area contributed by atoms with E-state index in [0.717, 1.165) is 13.0 Å². The number of rotatable bonds is 5. The third kappa shape index (κ3) is 6.48. The first-order valence-electron chi connectivity index (χ1n) is 6.75. The fraction of sp³-hybridized carbons (Fsp3) is 0.750. The van der Waals surface area contributed by atoms with E-state index in [2.05, 4.69) is 10.6 Å². The largest absolute Gasteiger partial charge is 0.480 e. The van der Waals surface area contributed by atoms with E-state index in [1.165, 1.54) is 0 Å². The van der Waals surface area contributed by atoms with Gasteiger partial charge in [-0.1, -0.05) is 0 Å². The van der Waals surface area contributed by atoms with Crippen molar-refractivity contribution in [3.63, 3.8) is 0 Å². The van der Waals surface area contributed by atoms with Crippen LogP contribution in [0.15, 0.2) is 0 Å². The van der Waals surface area contributed by atoms with Crippen LogP contribution in [0.3, 0.4) is 0 Å². The molecule has 3 amide bonds. The summed E-state index contributed by atoms with van der Waals surface area (Å²) < 4.78 is 0. The fourth-order valence-corrected chi connectivity index (χ4v) is 2.11. The SMILES string of the molecule is CCNC(=O)NC(=O)CN1CCCN(CC(=O)O)CC1. The maximum absolute atomic E-state index is 11.6. The first-order chi connectivity index (χ1) is 9.51. The van der Waals surface area contributed by atoms with Gasteiger partial charge in [-0.3, -0.25) is 24.7 Å². The third-order valence-corrected chi connectivity index (χ3v) is 3.00. The average Bonchev–Trinajstić information content (AvgIpc) is 2.54. The van der Waals surface area contributed by atoms with E-state index in [0.29, 0.717) is 26.2 Å². The van der Waals surface area contributed by atoms with E-state index >= 15 is 0 Å². The van der Waals surface area contributed by atoms with Crippen LogP contribution in [-0.2, 0) is 9.59 Å². The van der Waals surface area contributed by atoms with Gasteiger partial charge >= 0.3 is 12.0 Å². The zero-order valence-electron chi connectivity index (χ0n) is 11.7. The second-order valence-corrected chi connectivity index (χ2v) is 4.71. The van der Waals surface area contributed by atoms with E-state index in [-0.39, 0.29) is 19.0 Å². The molecule has 0 aromatic heterocycles. The van der Waals surface area contributed by atoms with Crippen molar-refractivity contribution in [2.45, 2.75) is 13.3 Å². The van der Waals surface area contributed by atoms with Crippen molar-refractivity contribution in [1.29, 1.82) is 0 Å². The van der Waals surface area contributed by atoms with Gasteiger partial charge in [0.2, 0.25) is 5.91 Å². The number of carbonyl (C=O) groups is 3. The first kappa shape index (κ1) is 16.4. The lowest BCUT2D eigenvalue weighted by Gasteiger charge is -2.20. The highest BCUT2D eigenvalue weighted by atomic mass is 16.4. The van der Waals surface area contributed by atoms with Crippen LogP contribution in [-0.4, -0.2) is 78.6 Å². The maximum atomic E-state index is 11.6. The Morgan fingerprint density at radius 2 is 1.65 bits per heavy atom. The van der Waals surface area contributed by atoms with Crippen LogP contribution in [0, 0.1) is 0 Å². The molecule has 1 saturated heterocycles. The summed E-state index contributed by atoms with van der Waals surface area (Å²) in [5.41, 5.74) is 0. The number of amides is 3. The van der Waals surface area contributed by atoms with Crippen LogP contribution in [0.2, 0.25) is 0 Å². The molecule has 1 heterocycles. The average molecular weight is 286 g/mol. The Balaban J connectivity index is 2.32. The molecule has 0 bridgehead atoms. The highest BCUT2D eigenvalue weighted by molar-refractivity contribution is 5.95. The summed E-state index contributed by atoms with van der Waals surface area (Å²) in [6.45, 7) is 5.08. The van der Waals surface area contributed by atoms with Crippen molar-refractivity contribution in [2.75, 3.05) is 45.8 Å². The molecule has 20 heavy (non-hydrogen) atoms. The Kier molecular flexibility index (Phi) is 6.96. The van der Waals surface area contributed by atoms with E-state index < -0.39 is 12.0 Å². The summed E-state index contributed by atoms with van der Waals surface area (Å²) in [7, 11) is 0. The molecule has 0 unspecified atom stereocenters. The molecular formula is C12H22N4O4. The van der Waals surface area contributed by atoms with E-state index in [1.54, 1.807) is 6.92 Å². The minimum atomic E-state index is -0.840. The molecule has 1 rings (SSSR count). The van der Waals surface area contributed by atoms with Gasteiger partial charge in [-0.15, -0.1) is 0 Å². The Morgan fingerprint density at radius 3 is 2.20 bits per heavy atom. The molecule has 3 N–H and O–H groups in total. The fourth-order valence-electron chi connectivity index (χ4n) is 2.11. The number of imide groups is 1. The zero-order valence-corrected chi connectivity index (χ0v) is 11.7. The molecule has 0 aromatic carbocycles. The summed E-state index contributed by atoms with van der Waals surface area (Å²) >= 11 is 0. The molecule has 8 heteroatoms. The van der Waals surface area contributed by atoms with Crippen LogP contribution < -0.4 is 10.6 Å². The monoisotopic (exact) mass is 286 g/mol. The number of carboxylic acids is 1.